The fourth-order valence-electron chi connectivity index (χ4n) is 1.44. The summed E-state index contributed by atoms with van der Waals surface area (Å²) in [4.78, 5) is 17.4. The second-order valence-electron chi connectivity index (χ2n) is 3.67. The van der Waals surface area contributed by atoms with Gasteiger partial charge in [0.05, 0.1) is 6.33 Å². The van der Waals surface area contributed by atoms with E-state index in [1.165, 1.54) is 6.33 Å². The second-order valence-corrected chi connectivity index (χ2v) is 3.67. The molecule has 0 saturated heterocycles. The number of H-pyrrole nitrogens is 1. The Hall–Kier alpha value is -2.34. The summed E-state index contributed by atoms with van der Waals surface area (Å²) in [7, 11) is 0. The molecular formula is C12H13N3O3. The van der Waals surface area contributed by atoms with Crippen molar-refractivity contribution in [3.05, 3.63) is 46.5 Å². The Labute approximate surface area is 103 Å². The number of benzene rings is 1. The molecule has 1 aromatic heterocycles. The SMILES string of the molecule is Nc1c(Oc2ccc(CCO)cc2)nc[nH]c1=O. The van der Waals surface area contributed by atoms with Crippen LogP contribution in [0.2, 0.25) is 0 Å². The van der Waals surface area contributed by atoms with Gasteiger partial charge in [-0.15, -0.1) is 0 Å². The summed E-state index contributed by atoms with van der Waals surface area (Å²) in [5.41, 5.74) is 6.05. The van der Waals surface area contributed by atoms with Gasteiger partial charge in [-0.3, -0.25) is 4.79 Å². The zero-order valence-corrected chi connectivity index (χ0v) is 9.59. The lowest BCUT2D eigenvalue weighted by Crippen LogP contribution is -2.13. The Bertz CT molecular complexity index is 578. The maximum Gasteiger partial charge on any atom is 0.277 e. The van der Waals surface area contributed by atoms with Crippen molar-refractivity contribution in [3.8, 4) is 11.6 Å². The van der Waals surface area contributed by atoms with Gasteiger partial charge in [-0.05, 0) is 24.1 Å². The van der Waals surface area contributed by atoms with E-state index in [9.17, 15) is 4.79 Å². The van der Waals surface area contributed by atoms with Crippen molar-refractivity contribution >= 4 is 5.69 Å². The fraction of sp³-hybridized carbons (Fsp3) is 0.167. The summed E-state index contributed by atoms with van der Waals surface area (Å²) in [5, 5.41) is 8.80. The van der Waals surface area contributed by atoms with Crippen molar-refractivity contribution in [1.29, 1.82) is 0 Å². The maximum atomic E-state index is 11.2. The first-order valence-electron chi connectivity index (χ1n) is 5.41. The molecule has 0 radical (unpaired) electrons. The van der Waals surface area contributed by atoms with Gasteiger partial charge in [-0.2, -0.15) is 0 Å². The number of nitrogens with one attached hydrogen (secondary N) is 1. The molecule has 0 saturated carbocycles. The van der Waals surface area contributed by atoms with E-state index >= 15 is 0 Å². The second kappa shape index (κ2) is 5.33. The molecule has 0 atom stereocenters. The van der Waals surface area contributed by atoms with Crippen LogP contribution in [-0.2, 0) is 6.42 Å². The topological polar surface area (TPSA) is 101 Å². The zero-order valence-electron chi connectivity index (χ0n) is 9.59. The number of ether oxygens (including phenoxy) is 1. The first kappa shape index (κ1) is 12.1. The first-order chi connectivity index (χ1) is 8.70. The Morgan fingerprint density at radius 1 is 1.33 bits per heavy atom. The molecule has 1 aromatic carbocycles. The lowest BCUT2D eigenvalue weighted by molar-refractivity contribution is 0.299. The number of aliphatic hydroxyl groups excluding tert-OH is 1. The molecule has 0 bridgehead atoms. The minimum absolute atomic E-state index is 0.0584. The van der Waals surface area contributed by atoms with Gasteiger partial charge in [0.25, 0.3) is 5.56 Å². The fourth-order valence-corrected chi connectivity index (χ4v) is 1.44. The molecule has 4 N–H and O–H groups in total. The highest BCUT2D eigenvalue weighted by Crippen LogP contribution is 2.22. The van der Waals surface area contributed by atoms with Crippen LogP contribution >= 0.6 is 0 Å². The summed E-state index contributed by atoms with van der Waals surface area (Å²) in [6, 6.07) is 7.12. The zero-order chi connectivity index (χ0) is 13.0. The summed E-state index contributed by atoms with van der Waals surface area (Å²) < 4.78 is 5.40. The van der Waals surface area contributed by atoms with E-state index in [4.69, 9.17) is 15.6 Å². The predicted octanol–water partition coefficient (Wildman–Crippen LogP) is 0.679. The average molecular weight is 247 g/mol. The van der Waals surface area contributed by atoms with Crippen LogP contribution in [0, 0.1) is 0 Å². The third-order valence-corrected chi connectivity index (χ3v) is 2.39. The third kappa shape index (κ3) is 2.67. The Kier molecular flexibility index (Phi) is 3.59. The van der Waals surface area contributed by atoms with Gasteiger partial charge in [0.15, 0.2) is 5.69 Å². The molecule has 2 aromatic rings. The largest absolute Gasteiger partial charge is 0.437 e. The van der Waals surface area contributed by atoms with E-state index in [0.717, 1.165) is 5.56 Å². The molecule has 0 fully saturated rings. The number of aromatic nitrogens is 2. The number of nitrogen functional groups attached to an aromatic ring is 1. The molecule has 0 unspecified atom stereocenters. The van der Waals surface area contributed by atoms with E-state index in [1.54, 1.807) is 12.1 Å². The van der Waals surface area contributed by atoms with E-state index in [0.29, 0.717) is 12.2 Å². The summed E-state index contributed by atoms with van der Waals surface area (Å²) >= 11 is 0. The molecule has 0 amide bonds. The monoisotopic (exact) mass is 247 g/mol. The van der Waals surface area contributed by atoms with Crippen LogP contribution in [0.1, 0.15) is 5.56 Å². The van der Waals surface area contributed by atoms with Gasteiger partial charge in [0.1, 0.15) is 5.75 Å². The molecule has 6 nitrogen and oxygen atoms in total. The van der Waals surface area contributed by atoms with Crippen LogP contribution in [0.3, 0.4) is 0 Å². The lowest BCUT2D eigenvalue weighted by Gasteiger charge is -2.06. The van der Waals surface area contributed by atoms with Crippen molar-refractivity contribution in [1.82, 2.24) is 9.97 Å². The van der Waals surface area contributed by atoms with Gasteiger partial charge in [-0.1, -0.05) is 12.1 Å². The van der Waals surface area contributed by atoms with Crippen molar-refractivity contribution in [3.63, 3.8) is 0 Å². The van der Waals surface area contributed by atoms with Crippen molar-refractivity contribution < 1.29 is 9.84 Å². The van der Waals surface area contributed by atoms with Crippen LogP contribution in [0.4, 0.5) is 5.69 Å². The number of nitrogens with two attached hydrogens (primary N) is 1. The van der Waals surface area contributed by atoms with Crippen molar-refractivity contribution in [2.24, 2.45) is 0 Å². The molecular weight excluding hydrogens is 234 g/mol. The molecule has 18 heavy (non-hydrogen) atoms. The highest BCUT2D eigenvalue weighted by Gasteiger charge is 2.06. The number of hydrogen-bond acceptors (Lipinski definition) is 5. The smallest absolute Gasteiger partial charge is 0.277 e. The van der Waals surface area contributed by atoms with Gasteiger partial charge < -0.3 is 20.6 Å². The van der Waals surface area contributed by atoms with Crippen LogP contribution in [0.25, 0.3) is 0 Å². The third-order valence-electron chi connectivity index (χ3n) is 2.39. The number of aliphatic hydroxyl groups is 1. The van der Waals surface area contributed by atoms with E-state index < -0.39 is 5.56 Å². The van der Waals surface area contributed by atoms with E-state index in [-0.39, 0.29) is 18.2 Å². The molecule has 6 heteroatoms. The van der Waals surface area contributed by atoms with Crippen LogP contribution in [-0.4, -0.2) is 21.7 Å². The number of nitrogens with zero attached hydrogens (tertiary/aromatic N) is 1. The van der Waals surface area contributed by atoms with E-state index in [2.05, 4.69) is 9.97 Å². The molecule has 94 valence electrons. The summed E-state index contributed by atoms with van der Waals surface area (Å²) in [6.45, 7) is 0.1000. The van der Waals surface area contributed by atoms with Crippen molar-refractivity contribution in [2.45, 2.75) is 6.42 Å². The molecule has 0 spiro atoms. The normalized spacial score (nSPS) is 10.3. The molecule has 1 heterocycles. The number of rotatable bonds is 4. The van der Waals surface area contributed by atoms with Gasteiger partial charge in [0, 0.05) is 6.61 Å². The molecule has 0 aliphatic carbocycles. The van der Waals surface area contributed by atoms with Crippen molar-refractivity contribution in [2.75, 3.05) is 12.3 Å². The van der Waals surface area contributed by atoms with Crippen LogP contribution in [0.5, 0.6) is 11.6 Å². The summed E-state index contributed by atoms with van der Waals surface area (Å²) in [6.07, 6.45) is 1.82. The quantitative estimate of drug-likeness (QED) is 0.737. The van der Waals surface area contributed by atoms with Crippen LogP contribution < -0.4 is 16.0 Å². The number of hydrogen-bond donors (Lipinski definition) is 3. The van der Waals surface area contributed by atoms with E-state index in [1.807, 2.05) is 12.1 Å². The lowest BCUT2D eigenvalue weighted by atomic mass is 10.1. The Morgan fingerprint density at radius 3 is 2.72 bits per heavy atom. The Morgan fingerprint density at radius 2 is 2.06 bits per heavy atom. The number of aromatic amines is 1. The molecule has 0 aliphatic heterocycles. The Balaban J connectivity index is 2.18. The first-order valence-corrected chi connectivity index (χ1v) is 5.41. The molecule has 0 aliphatic rings. The van der Waals surface area contributed by atoms with Gasteiger partial charge in [-0.25, -0.2) is 4.98 Å². The minimum atomic E-state index is -0.433. The highest BCUT2D eigenvalue weighted by molar-refractivity contribution is 5.47. The van der Waals surface area contributed by atoms with Gasteiger partial charge >= 0.3 is 0 Å². The van der Waals surface area contributed by atoms with Crippen LogP contribution in [0.15, 0.2) is 35.4 Å². The average Bonchev–Trinajstić information content (AvgIpc) is 2.38. The summed E-state index contributed by atoms with van der Waals surface area (Å²) in [5.74, 6) is 0.607. The standard InChI is InChI=1S/C12H13N3O3/c13-10-11(17)14-7-15-12(10)18-9-3-1-8(2-4-9)5-6-16/h1-4,7,16H,5-6,13H2,(H,14,15,17). The predicted molar refractivity (Wildman–Crippen MR) is 66.6 cm³/mol. The molecule has 2 rings (SSSR count). The number of anilines is 1. The van der Waals surface area contributed by atoms with Gasteiger partial charge in [0.2, 0.25) is 5.88 Å². The maximum absolute atomic E-state index is 11.2. The highest BCUT2D eigenvalue weighted by atomic mass is 16.5. The minimum Gasteiger partial charge on any atom is -0.437 e.